The van der Waals surface area contributed by atoms with E-state index in [4.69, 9.17) is 0 Å². The summed E-state index contributed by atoms with van der Waals surface area (Å²) in [7, 11) is 3.64. The summed E-state index contributed by atoms with van der Waals surface area (Å²) in [5, 5.41) is 9.48. The molecule has 120 valence electrons. The first-order chi connectivity index (χ1) is 11.1. The Hall–Kier alpha value is -2.32. The van der Waals surface area contributed by atoms with Crippen LogP contribution in [0.4, 0.5) is 0 Å². The van der Waals surface area contributed by atoms with Gasteiger partial charge in [0.25, 0.3) is 0 Å². The van der Waals surface area contributed by atoms with Gasteiger partial charge in [0.05, 0.1) is 11.1 Å². The number of hydrogen-bond acceptors (Lipinski definition) is 3. The lowest BCUT2D eigenvalue weighted by Gasteiger charge is -2.32. The number of nitrogens with zero attached hydrogens (tertiary/aromatic N) is 4. The van der Waals surface area contributed by atoms with E-state index >= 15 is 0 Å². The topological polar surface area (TPSA) is 51.8 Å². The number of fused-ring (bicyclic) bond motifs is 1. The highest BCUT2D eigenvalue weighted by Crippen LogP contribution is 2.23. The molecule has 1 aliphatic heterocycles. The fourth-order valence-corrected chi connectivity index (χ4v) is 3.37. The zero-order valence-electron chi connectivity index (χ0n) is 13.7. The quantitative estimate of drug-likeness (QED) is 0.872. The molecule has 0 radical (unpaired) electrons. The van der Waals surface area contributed by atoms with Crippen molar-refractivity contribution in [2.45, 2.75) is 19.4 Å². The Balaban J connectivity index is 1.70. The Kier molecular flexibility index (Phi) is 4.35. The lowest BCUT2D eigenvalue weighted by Crippen LogP contribution is -2.39. The van der Waals surface area contributed by atoms with Gasteiger partial charge < -0.3 is 9.30 Å². The molecule has 23 heavy (non-hydrogen) atoms. The summed E-state index contributed by atoms with van der Waals surface area (Å²) in [5.41, 5.74) is 2.79. The van der Waals surface area contributed by atoms with Gasteiger partial charge in [-0.1, -0.05) is 6.07 Å². The third-order valence-electron chi connectivity index (χ3n) is 4.65. The molecule has 0 N–H and O–H groups in total. The average Bonchev–Trinajstić information content (AvgIpc) is 2.91. The molecule has 0 spiro atoms. The highest BCUT2D eigenvalue weighted by atomic mass is 16.2. The minimum absolute atomic E-state index is 0.143. The van der Waals surface area contributed by atoms with Crippen molar-refractivity contribution in [2.75, 3.05) is 27.2 Å². The van der Waals surface area contributed by atoms with Crippen molar-refractivity contribution < 1.29 is 4.79 Å². The molecule has 1 amide bonds. The van der Waals surface area contributed by atoms with Gasteiger partial charge in [-0.3, -0.25) is 9.69 Å². The fourth-order valence-electron chi connectivity index (χ4n) is 3.37. The molecule has 1 aliphatic rings. The number of hydrogen-bond donors (Lipinski definition) is 0. The van der Waals surface area contributed by atoms with Gasteiger partial charge in [0.1, 0.15) is 6.07 Å². The largest absolute Gasteiger partial charge is 0.349 e. The lowest BCUT2D eigenvalue weighted by molar-refractivity contribution is -0.134. The molecule has 0 saturated carbocycles. The number of pyridine rings is 1. The number of rotatable bonds is 3. The molecule has 2 aromatic rings. The lowest BCUT2D eigenvalue weighted by atomic mass is 9.95. The maximum atomic E-state index is 12.0. The zero-order valence-corrected chi connectivity index (χ0v) is 13.7. The van der Waals surface area contributed by atoms with E-state index < -0.39 is 0 Å². The SMILES string of the molecule is CN(C)C(=O)C1CCN(Cc2cn3ccccc3c2C#N)CC1. The molecule has 0 unspecified atom stereocenters. The standard InChI is InChI=1S/C18H22N4O/c1-20(2)18(23)14-6-9-21(10-7-14)12-15-13-22-8-4-3-5-17(22)16(15)11-19/h3-5,8,13-14H,6-7,9-10,12H2,1-2H3. The molecule has 5 nitrogen and oxygen atoms in total. The number of likely N-dealkylation sites (tertiary alicyclic amines) is 1. The van der Waals surface area contributed by atoms with Crippen molar-refractivity contribution in [3.05, 3.63) is 41.7 Å². The van der Waals surface area contributed by atoms with Crippen LogP contribution >= 0.6 is 0 Å². The van der Waals surface area contributed by atoms with Crippen LogP contribution in [0.3, 0.4) is 0 Å². The summed E-state index contributed by atoms with van der Waals surface area (Å²) in [5.74, 6) is 0.377. The molecule has 1 saturated heterocycles. The maximum absolute atomic E-state index is 12.0. The van der Waals surface area contributed by atoms with Gasteiger partial charge in [-0.2, -0.15) is 5.26 Å². The van der Waals surface area contributed by atoms with Crippen molar-refractivity contribution >= 4 is 11.4 Å². The predicted molar refractivity (Wildman–Crippen MR) is 88.8 cm³/mol. The van der Waals surface area contributed by atoms with Crippen molar-refractivity contribution in [3.63, 3.8) is 0 Å². The molecule has 0 atom stereocenters. The van der Waals surface area contributed by atoms with Crippen molar-refractivity contribution in [1.82, 2.24) is 14.2 Å². The van der Waals surface area contributed by atoms with Crippen LogP contribution in [0.2, 0.25) is 0 Å². The van der Waals surface area contributed by atoms with Gasteiger partial charge in [-0.05, 0) is 38.1 Å². The van der Waals surface area contributed by atoms with Gasteiger partial charge in [-0.15, -0.1) is 0 Å². The van der Waals surface area contributed by atoms with Crippen LogP contribution in [0, 0.1) is 17.2 Å². The second-order valence-electron chi connectivity index (χ2n) is 6.42. The van der Waals surface area contributed by atoms with E-state index in [1.807, 2.05) is 49.1 Å². The monoisotopic (exact) mass is 310 g/mol. The van der Waals surface area contributed by atoms with Crippen molar-refractivity contribution in [1.29, 1.82) is 5.26 Å². The van der Waals surface area contributed by atoms with Gasteiger partial charge >= 0.3 is 0 Å². The smallest absolute Gasteiger partial charge is 0.225 e. The Morgan fingerprint density at radius 2 is 2.09 bits per heavy atom. The summed E-state index contributed by atoms with van der Waals surface area (Å²) in [6, 6.07) is 8.24. The third-order valence-corrected chi connectivity index (χ3v) is 4.65. The summed E-state index contributed by atoms with van der Waals surface area (Å²) < 4.78 is 2.01. The number of piperidine rings is 1. The number of amides is 1. The highest BCUT2D eigenvalue weighted by molar-refractivity contribution is 5.78. The molecule has 1 fully saturated rings. The first-order valence-electron chi connectivity index (χ1n) is 8.02. The van der Waals surface area contributed by atoms with Crippen LogP contribution in [0.1, 0.15) is 24.0 Å². The van der Waals surface area contributed by atoms with Gasteiger partial charge in [0, 0.05) is 44.5 Å². The Morgan fingerprint density at radius 3 is 2.74 bits per heavy atom. The van der Waals surface area contributed by atoms with Crippen LogP contribution in [-0.4, -0.2) is 47.3 Å². The summed E-state index contributed by atoms with van der Waals surface area (Å²) in [6.07, 6.45) is 5.81. The fraction of sp³-hybridized carbons (Fsp3) is 0.444. The van der Waals surface area contributed by atoms with Gasteiger partial charge in [-0.25, -0.2) is 0 Å². The molecule has 3 rings (SSSR count). The predicted octanol–water partition coefficient (Wildman–Crippen LogP) is 2.11. The number of carbonyl (C=O) groups is 1. The van der Waals surface area contributed by atoms with E-state index in [2.05, 4.69) is 11.0 Å². The van der Waals surface area contributed by atoms with Crippen molar-refractivity contribution in [3.8, 4) is 6.07 Å². The number of aromatic nitrogens is 1. The Morgan fingerprint density at radius 1 is 1.35 bits per heavy atom. The van der Waals surface area contributed by atoms with Gasteiger partial charge in [0.2, 0.25) is 5.91 Å². The molecular weight excluding hydrogens is 288 g/mol. The Labute approximate surface area is 136 Å². The summed E-state index contributed by atoms with van der Waals surface area (Å²) >= 11 is 0. The van der Waals surface area contributed by atoms with Gasteiger partial charge in [0.15, 0.2) is 0 Å². The average molecular weight is 310 g/mol. The molecule has 0 aliphatic carbocycles. The summed E-state index contributed by atoms with van der Waals surface area (Å²) in [6.45, 7) is 2.58. The van der Waals surface area contributed by atoms with Crippen LogP contribution in [0.15, 0.2) is 30.6 Å². The van der Waals surface area contributed by atoms with Crippen molar-refractivity contribution in [2.24, 2.45) is 5.92 Å². The molecular formula is C18H22N4O. The van der Waals surface area contributed by atoms with Crippen LogP contribution in [0.5, 0.6) is 0 Å². The zero-order chi connectivity index (χ0) is 16.4. The van der Waals surface area contributed by atoms with E-state index in [9.17, 15) is 10.1 Å². The van der Waals surface area contributed by atoms with E-state index in [-0.39, 0.29) is 11.8 Å². The number of nitriles is 1. The first-order valence-corrected chi connectivity index (χ1v) is 8.02. The summed E-state index contributed by atoms with van der Waals surface area (Å²) in [4.78, 5) is 16.1. The molecule has 5 heteroatoms. The molecule has 3 heterocycles. The third kappa shape index (κ3) is 3.08. The maximum Gasteiger partial charge on any atom is 0.225 e. The minimum Gasteiger partial charge on any atom is -0.349 e. The number of carbonyl (C=O) groups excluding carboxylic acids is 1. The van der Waals surface area contributed by atoms with Crippen LogP contribution < -0.4 is 0 Å². The van der Waals surface area contributed by atoms with Crippen LogP contribution in [-0.2, 0) is 11.3 Å². The van der Waals surface area contributed by atoms with E-state index in [0.29, 0.717) is 0 Å². The second kappa shape index (κ2) is 6.43. The molecule has 0 aromatic carbocycles. The molecule has 2 aromatic heterocycles. The van der Waals surface area contributed by atoms with E-state index in [1.54, 1.807) is 4.90 Å². The Bertz CT molecular complexity index is 748. The minimum atomic E-state index is 0.143. The first kappa shape index (κ1) is 15.6. The second-order valence-corrected chi connectivity index (χ2v) is 6.42. The van der Waals surface area contributed by atoms with E-state index in [0.717, 1.165) is 49.1 Å². The van der Waals surface area contributed by atoms with Crippen LogP contribution in [0.25, 0.3) is 5.52 Å². The van der Waals surface area contributed by atoms with E-state index in [1.165, 1.54) is 0 Å². The molecule has 0 bridgehead atoms. The normalized spacial score (nSPS) is 16.4. The highest BCUT2D eigenvalue weighted by Gasteiger charge is 2.26.